The molecular weight excluding hydrogens is 192 g/mol. The summed E-state index contributed by atoms with van der Waals surface area (Å²) < 4.78 is 0. The fourth-order valence-electron chi connectivity index (χ4n) is 0.179. The predicted molar refractivity (Wildman–Crippen MR) is 47.9 cm³/mol. The van der Waals surface area contributed by atoms with E-state index in [9.17, 15) is 9.59 Å². The molecular formula is C8H12O6. The highest BCUT2D eigenvalue weighted by molar-refractivity contribution is 5.86. The van der Waals surface area contributed by atoms with Crippen LogP contribution in [0.15, 0.2) is 24.5 Å². The maximum absolute atomic E-state index is 9.88. The van der Waals surface area contributed by atoms with Gasteiger partial charge < -0.3 is 20.4 Å². The number of rotatable bonds is 3. The summed E-state index contributed by atoms with van der Waals surface area (Å²) in [5, 5.41) is 32.1. The molecule has 6 heteroatoms. The van der Waals surface area contributed by atoms with Crippen LogP contribution < -0.4 is 0 Å². The largest absolute Gasteiger partial charge is 0.502 e. The number of aliphatic hydroxyl groups excluding tert-OH is 2. The summed E-state index contributed by atoms with van der Waals surface area (Å²) in [5.41, 5.74) is -0.176. The lowest BCUT2D eigenvalue weighted by atomic mass is 10.2. The summed E-state index contributed by atoms with van der Waals surface area (Å²) in [4.78, 5) is 19.2. The monoisotopic (exact) mass is 204 g/mol. The molecule has 0 heterocycles. The highest BCUT2D eigenvalue weighted by atomic mass is 16.4. The summed E-state index contributed by atoms with van der Waals surface area (Å²) in [5.74, 6) is -3.36. The Hall–Kier alpha value is -1.82. The molecule has 0 saturated carbocycles. The van der Waals surface area contributed by atoms with Gasteiger partial charge in [0.2, 0.25) is 0 Å². The molecule has 0 radical (unpaired) electrons. The maximum atomic E-state index is 9.88. The van der Waals surface area contributed by atoms with E-state index < -0.39 is 23.8 Å². The van der Waals surface area contributed by atoms with Crippen molar-refractivity contribution in [3.05, 3.63) is 24.5 Å². The first-order valence-corrected chi connectivity index (χ1v) is 3.41. The molecule has 0 amide bonds. The highest BCUT2D eigenvalue weighted by Gasteiger charge is 2.08. The van der Waals surface area contributed by atoms with Crippen LogP contribution in [0, 0.1) is 0 Å². The van der Waals surface area contributed by atoms with Crippen LogP contribution in [0.25, 0.3) is 0 Å². The number of carboxylic acids is 2. The molecule has 0 aliphatic heterocycles. The third kappa shape index (κ3) is 8.28. The van der Waals surface area contributed by atoms with Crippen molar-refractivity contribution in [3.63, 3.8) is 0 Å². The number of hydrogen-bond acceptors (Lipinski definition) is 4. The van der Waals surface area contributed by atoms with Gasteiger partial charge in [-0.3, -0.25) is 0 Å². The van der Waals surface area contributed by atoms with Crippen molar-refractivity contribution in [3.8, 4) is 0 Å². The van der Waals surface area contributed by atoms with Crippen molar-refractivity contribution in [2.24, 2.45) is 0 Å². The quantitative estimate of drug-likeness (QED) is 0.384. The lowest BCUT2D eigenvalue weighted by Crippen LogP contribution is -2.11. The van der Waals surface area contributed by atoms with Gasteiger partial charge in [0.1, 0.15) is 0 Å². The van der Waals surface area contributed by atoms with E-state index >= 15 is 0 Å². The van der Waals surface area contributed by atoms with Crippen LogP contribution in [0.1, 0.15) is 6.92 Å². The summed E-state index contributed by atoms with van der Waals surface area (Å²) in [6.07, 6.45) is -0.951. The van der Waals surface area contributed by atoms with Crippen molar-refractivity contribution in [2.45, 2.75) is 13.0 Å². The molecule has 0 rings (SSSR count). The molecule has 0 saturated heterocycles. The average molecular weight is 204 g/mol. The van der Waals surface area contributed by atoms with Gasteiger partial charge in [-0.05, 0) is 13.5 Å². The standard InChI is InChI=1S/C5H8O3.C3H4O3/c1-3(4(2)6)5(7)8;1-2(4)3(5)6/h4,6H,1H2,2H3,(H,7,8);4H,1H2,(H,5,6). The zero-order valence-corrected chi connectivity index (χ0v) is 7.60. The van der Waals surface area contributed by atoms with E-state index in [0.29, 0.717) is 0 Å². The van der Waals surface area contributed by atoms with Crippen molar-refractivity contribution >= 4 is 11.9 Å². The minimum Gasteiger partial charge on any atom is -0.502 e. The van der Waals surface area contributed by atoms with E-state index in [-0.39, 0.29) is 5.57 Å². The first-order chi connectivity index (χ1) is 6.20. The fraction of sp³-hybridized carbons (Fsp3) is 0.250. The van der Waals surface area contributed by atoms with Crippen molar-refractivity contribution < 1.29 is 30.0 Å². The van der Waals surface area contributed by atoms with Crippen LogP contribution >= 0.6 is 0 Å². The van der Waals surface area contributed by atoms with Crippen LogP contribution in [-0.2, 0) is 9.59 Å². The minimum atomic E-state index is -1.38. The Labute approximate surface area is 80.4 Å². The lowest BCUT2D eigenvalue weighted by Gasteiger charge is -1.99. The van der Waals surface area contributed by atoms with Gasteiger partial charge in [0.15, 0.2) is 5.76 Å². The number of hydrogen-bond donors (Lipinski definition) is 4. The van der Waals surface area contributed by atoms with E-state index in [0.717, 1.165) is 0 Å². The number of aliphatic hydroxyl groups is 2. The Kier molecular flexibility index (Phi) is 7.00. The van der Waals surface area contributed by atoms with Gasteiger partial charge in [0, 0.05) is 0 Å². The Bertz CT molecular complexity index is 241. The molecule has 0 aliphatic carbocycles. The Morgan fingerprint density at radius 3 is 1.36 bits per heavy atom. The van der Waals surface area contributed by atoms with Gasteiger partial charge in [0.25, 0.3) is 0 Å². The second-order valence-corrected chi connectivity index (χ2v) is 2.26. The first kappa shape index (κ1) is 14.7. The molecule has 14 heavy (non-hydrogen) atoms. The van der Waals surface area contributed by atoms with Crippen molar-refractivity contribution in [1.82, 2.24) is 0 Å². The molecule has 4 N–H and O–H groups in total. The fourth-order valence-corrected chi connectivity index (χ4v) is 0.179. The summed E-state index contributed by atoms with van der Waals surface area (Å²) in [6.45, 7) is 7.17. The van der Waals surface area contributed by atoms with Crippen LogP contribution in [0.3, 0.4) is 0 Å². The van der Waals surface area contributed by atoms with Gasteiger partial charge in [-0.15, -0.1) is 0 Å². The highest BCUT2D eigenvalue weighted by Crippen LogP contribution is 1.95. The average Bonchev–Trinajstić information content (AvgIpc) is 2.03. The molecule has 0 bridgehead atoms. The number of carbonyl (C=O) groups is 2. The number of aliphatic carboxylic acids is 2. The third-order valence-corrected chi connectivity index (χ3v) is 1.03. The lowest BCUT2D eigenvalue weighted by molar-refractivity contribution is -0.135. The second kappa shape index (κ2) is 6.67. The molecule has 80 valence electrons. The van der Waals surface area contributed by atoms with Crippen molar-refractivity contribution in [2.75, 3.05) is 0 Å². The van der Waals surface area contributed by atoms with Gasteiger partial charge in [-0.25, -0.2) is 9.59 Å². The molecule has 1 atom stereocenters. The van der Waals surface area contributed by atoms with Crippen LogP contribution in [0.4, 0.5) is 0 Å². The predicted octanol–water partition coefficient (Wildman–Crippen LogP) is 0.151. The van der Waals surface area contributed by atoms with Gasteiger partial charge >= 0.3 is 11.9 Å². The second-order valence-electron chi connectivity index (χ2n) is 2.26. The zero-order chi connectivity index (χ0) is 11.9. The Morgan fingerprint density at radius 2 is 1.36 bits per heavy atom. The summed E-state index contributed by atoms with van der Waals surface area (Å²) in [7, 11) is 0. The number of carboxylic acid groups (broad SMARTS) is 2. The zero-order valence-electron chi connectivity index (χ0n) is 7.60. The summed E-state index contributed by atoms with van der Waals surface area (Å²) >= 11 is 0. The van der Waals surface area contributed by atoms with Gasteiger partial charge in [0.05, 0.1) is 11.7 Å². The van der Waals surface area contributed by atoms with E-state index in [1.54, 1.807) is 0 Å². The van der Waals surface area contributed by atoms with Crippen LogP contribution in [0.2, 0.25) is 0 Å². The molecule has 0 spiro atoms. The van der Waals surface area contributed by atoms with Crippen LogP contribution in [0.5, 0.6) is 0 Å². The molecule has 0 aromatic carbocycles. The van der Waals surface area contributed by atoms with E-state index in [1.807, 2.05) is 0 Å². The van der Waals surface area contributed by atoms with E-state index in [1.165, 1.54) is 6.92 Å². The van der Waals surface area contributed by atoms with Crippen molar-refractivity contribution in [1.29, 1.82) is 0 Å². The van der Waals surface area contributed by atoms with E-state index in [4.69, 9.17) is 20.4 Å². The molecule has 0 aliphatic rings. The van der Waals surface area contributed by atoms with Crippen LogP contribution in [-0.4, -0.2) is 38.5 Å². The molecule has 0 aromatic heterocycles. The molecule has 1 unspecified atom stereocenters. The normalized spacial score (nSPS) is 10.4. The third-order valence-electron chi connectivity index (χ3n) is 1.03. The first-order valence-electron chi connectivity index (χ1n) is 3.41. The Balaban J connectivity index is 0. The molecule has 0 fully saturated rings. The Morgan fingerprint density at radius 1 is 1.07 bits per heavy atom. The SMILES string of the molecule is C=C(C(=O)O)C(C)O.C=C(O)C(=O)O. The maximum Gasteiger partial charge on any atom is 0.370 e. The van der Waals surface area contributed by atoms with E-state index in [2.05, 4.69) is 13.2 Å². The summed E-state index contributed by atoms with van der Waals surface area (Å²) in [6, 6.07) is 0. The van der Waals surface area contributed by atoms with Gasteiger partial charge in [-0.2, -0.15) is 0 Å². The molecule has 6 nitrogen and oxygen atoms in total. The molecule has 0 aromatic rings. The topological polar surface area (TPSA) is 115 Å². The van der Waals surface area contributed by atoms with Gasteiger partial charge in [-0.1, -0.05) is 6.58 Å². The smallest absolute Gasteiger partial charge is 0.370 e. The minimum absolute atomic E-state index is 0.176.